The average molecular weight is 367 g/mol. The van der Waals surface area contributed by atoms with E-state index in [2.05, 4.69) is 0 Å². The fraction of sp³-hybridized carbons (Fsp3) is 0.263. The third-order valence-corrected chi connectivity index (χ3v) is 4.77. The second-order valence-electron chi connectivity index (χ2n) is 6.50. The SMILES string of the molecule is O=c1c2ccccc2nc(C[NH+]2CCOCC2)n1-c1ccc([N+](=O)[O-])cc1. The summed E-state index contributed by atoms with van der Waals surface area (Å²) in [6.07, 6.45) is 0. The van der Waals surface area contributed by atoms with Gasteiger partial charge in [-0.05, 0) is 24.3 Å². The molecule has 138 valence electrons. The number of hydrogen-bond acceptors (Lipinski definition) is 5. The molecule has 1 saturated heterocycles. The van der Waals surface area contributed by atoms with Gasteiger partial charge in [-0.1, -0.05) is 12.1 Å². The molecule has 0 radical (unpaired) electrons. The van der Waals surface area contributed by atoms with Crippen molar-refractivity contribution < 1.29 is 14.6 Å². The minimum Gasteiger partial charge on any atom is -0.370 e. The first-order valence-corrected chi connectivity index (χ1v) is 8.80. The Labute approximate surface area is 154 Å². The van der Waals surface area contributed by atoms with Gasteiger partial charge in [-0.15, -0.1) is 0 Å². The van der Waals surface area contributed by atoms with E-state index in [9.17, 15) is 14.9 Å². The predicted octanol–water partition coefficient (Wildman–Crippen LogP) is 0.709. The van der Waals surface area contributed by atoms with Crippen LogP contribution in [0.25, 0.3) is 16.6 Å². The normalized spacial score (nSPS) is 15.1. The van der Waals surface area contributed by atoms with E-state index >= 15 is 0 Å². The molecule has 8 nitrogen and oxygen atoms in total. The van der Waals surface area contributed by atoms with Crippen LogP contribution in [0.1, 0.15) is 5.82 Å². The zero-order valence-electron chi connectivity index (χ0n) is 14.6. The van der Waals surface area contributed by atoms with Gasteiger partial charge in [-0.3, -0.25) is 19.5 Å². The van der Waals surface area contributed by atoms with Gasteiger partial charge in [0.15, 0.2) is 5.82 Å². The monoisotopic (exact) mass is 367 g/mol. The zero-order chi connectivity index (χ0) is 18.8. The molecule has 3 aromatic rings. The van der Waals surface area contributed by atoms with Crippen molar-refractivity contribution in [1.29, 1.82) is 0 Å². The fourth-order valence-electron chi connectivity index (χ4n) is 3.35. The van der Waals surface area contributed by atoms with Gasteiger partial charge in [0.25, 0.3) is 11.2 Å². The molecule has 0 aliphatic carbocycles. The van der Waals surface area contributed by atoms with Gasteiger partial charge < -0.3 is 9.64 Å². The van der Waals surface area contributed by atoms with Crippen molar-refractivity contribution in [3.8, 4) is 5.69 Å². The number of fused-ring (bicyclic) bond motifs is 1. The summed E-state index contributed by atoms with van der Waals surface area (Å²) >= 11 is 0. The minimum absolute atomic E-state index is 0.0131. The number of benzene rings is 2. The van der Waals surface area contributed by atoms with Crippen molar-refractivity contribution in [3.63, 3.8) is 0 Å². The topological polar surface area (TPSA) is 91.7 Å². The predicted molar refractivity (Wildman–Crippen MR) is 99.2 cm³/mol. The lowest BCUT2D eigenvalue weighted by atomic mass is 10.2. The number of aromatic nitrogens is 2. The molecule has 1 aliphatic heterocycles. The summed E-state index contributed by atoms with van der Waals surface area (Å²) in [5, 5.41) is 11.5. The van der Waals surface area contributed by atoms with Crippen molar-refractivity contribution in [2.24, 2.45) is 0 Å². The first kappa shape index (κ1) is 17.3. The number of rotatable bonds is 4. The second-order valence-corrected chi connectivity index (χ2v) is 6.50. The standard InChI is InChI=1S/C19H18N4O4/c24-19-16-3-1-2-4-17(16)20-18(13-21-9-11-27-12-10-21)22(19)14-5-7-15(8-6-14)23(25)26/h1-8H,9-13H2/p+1. The molecule has 2 aromatic carbocycles. The van der Waals surface area contributed by atoms with Crippen molar-refractivity contribution >= 4 is 16.6 Å². The summed E-state index contributed by atoms with van der Waals surface area (Å²) in [5.41, 5.74) is 1.05. The lowest BCUT2D eigenvalue weighted by Crippen LogP contribution is -3.13. The number of hydrogen-bond donors (Lipinski definition) is 1. The van der Waals surface area contributed by atoms with Crippen molar-refractivity contribution in [2.75, 3.05) is 26.3 Å². The van der Waals surface area contributed by atoms with E-state index in [4.69, 9.17) is 9.72 Å². The molecule has 0 atom stereocenters. The van der Waals surface area contributed by atoms with Crippen LogP contribution in [-0.4, -0.2) is 40.8 Å². The summed E-state index contributed by atoms with van der Waals surface area (Å²) in [6.45, 7) is 3.65. The Balaban J connectivity index is 1.85. The van der Waals surface area contributed by atoms with Crippen LogP contribution >= 0.6 is 0 Å². The number of quaternary nitrogens is 1. The molecule has 0 bridgehead atoms. The van der Waals surface area contributed by atoms with Gasteiger partial charge >= 0.3 is 0 Å². The number of ether oxygens (including phenoxy) is 1. The number of non-ortho nitro benzene ring substituents is 1. The highest BCUT2D eigenvalue weighted by atomic mass is 16.6. The maximum Gasteiger partial charge on any atom is 0.269 e. The van der Waals surface area contributed by atoms with Crippen LogP contribution in [0.5, 0.6) is 0 Å². The highest BCUT2D eigenvalue weighted by molar-refractivity contribution is 5.77. The maximum absolute atomic E-state index is 13.2. The molecule has 1 aromatic heterocycles. The molecule has 8 heteroatoms. The van der Waals surface area contributed by atoms with Gasteiger partial charge in [0.05, 0.1) is 34.7 Å². The van der Waals surface area contributed by atoms with E-state index in [-0.39, 0.29) is 11.2 Å². The van der Waals surface area contributed by atoms with Crippen LogP contribution in [0.3, 0.4) is 0 Å². The smallest absolute Gasteiger partial charge is 0.269 e. The molecule has 2 heterocycles. The maximum atomic E-state index is 13.2. The summed E-state index contributed by atoms with van der Waals surface area (Å²) in [4.78, 5) is 29.7. The Morgan fingerprint density at radius 1 is 1.11 bits per heavy atom. The summed E-state index contributed by atoms with van der Waals surface area (Å²) in [7, 11) is 0. The molecule has 1 N–H and O–H groups in total. The molecule has 0 saturated carbocycles. The number of para-hydroxylation sites is 1. The number of nitro benzene ring substituents is 1. The third kappa shape index (κ3) is 3.44. The van der Waals surface area contributed by atoms with E-state index < -0.39 is 4.92 Å². The zero-order valence-corrected chi connectivity index (χ0v) is 14.6. The quantitative estimate of drug-likeness (QED) is 0.542. The van der Waals surface area contributed by atoms with E-state index in [1.165, 1.54) is 17.0 Å². The van der Waals surface area contributed by atoms with Gasteiger partial charge in [-0.25, -0.2) is 4.98 Å². The molecule has 27 heavy (non-hydrogen) atoms. The Bertz CT molecular complexity index is 1040. The Hall–Kier alpha value is -3.10. The fourth-order valence-corrected chi connectivity index (χ4v) is 3.35. The molecular weight excluding hydrogens is 348 g/mol. The number of nitrogens with zero attached hydrogens (tertiary/aromatic N) is 3. The number of nitrogens with one attached hydrogen (secondary N) is 1. The molecule has 0 amide bonds. The molecule has 1 fully saturated rings. The first-order chi connectivity index (χ1) is 13.1. The Kier molecular flexibility index (Phi) is 4.66. The van der Waals surface area contributed by atoms with Gasteiger partial charge in [0, 0.05) is 12.1 Å². The van der Waals surface area contributed by atoms with Gasteiger partial charge in [-0.2, -0.15) is 0 Å². The lowest BCUT2D eigenvalue weighted by molar-refractivity contribution is -0.922. The first-order valence-electron chi connectivity index (χ1n) is 8.80. The van der Waals surface area contributed by atoms with Crippen LogP contribution in [0.15, 0.2) is 53.3 Å². The van der Waals surface area contributed by atoms with Crippen LogP contribution < -0.4 is 10.5 Å². The largest absolute Gasteiger partial charge is 0.370 e. The Morgan fingerprint density at radius 3 is 2.52 bits per heavy atom. The molecule has 1 aliphatic rings. The molecule has 0 spiro atoms. The lowest BCUT2D eigenvalue weighted by Gasteiger charge is -2.24. The highest BCUT2D eigenvalue weighted by Crippen LogP contribution is 2.17. The van der Waals surface area contributed by atoms with Crippen LogP contribution in [0, 0.1) is 10.1 Å². The van der Waals surface area contributed by atoms with Crippen LogP contribution in [0.4, 0.5) is 5.69 Å². The highest BCUT2D eigenvalue weighted by Gasteiger charge is 2.20. The minimum atomic E-state index is -0.454. The van der Waals surface area contributed by atoms with E-state index in [0.29, 0.717) is 42.2 Å². The molecule has 4 rings (SSSR count). The van der Waals surface area contributed by atoms with E-state index in [0.717, 1.165) is 13.1 Å². The van der Waals surface area contributed by atoms with Gasteiger partial charge in [0.2, 0.25) is 0 Å². The number of morpholine rings is 1. The summed E-state index contributed by atoms with van der Waals surface area (Å²) < 4.78 is 6.97. The summed E-state index contributed by atoms with van der Waals surface area (Å²) in [6, 6.07) is 13.2. The second kappa shape index (κ2) is 7.26. The average Bonchev–Trinajstić information content (AvgIpc) is 2.69. The van der Waals surface area contributed by atoms with Gasteiger partial charge in [0.1, 0.15) is 19.6 Å². The van der Waals surface area contributed by atoms with Crippen molar-refractivity contribution in [2.45, 2.75) is 6.54 Å². The number of nitro groups is 1. The van der Waals surface area contributed by atoms with Crippen LogP contribution in [0.2, 0.25) is 0 Å². The molecule has 0 unspecified atom stereocenters. The third-order valence-electron chi connectivity index (χ3n) is 4.77. The Morgan fingerprint density at radius 2 is 1.81 bits per heavy atom. The molecular formula is C19H19N4O4+. The summed E-state index contributed by atoms with van der Waals surface area (Å²) in [5.74, 6) is 0.643. The van der Waals surface area contributed by atoms with Crippen LogP contribution in [-0.2, 0) is 11.3 Å². The van der Waals surface area contributed by atoms with Crippen molar-refractivity contribution in [3.05, 3.63) is 74.8 Å². The van der Waals surface area contributed by atoms with E-state index in [1.54, 1.807) is 28.8 Å². The van der Waals surface area contributed by atoms with Crippen molar-refractivity contribution in [1.82, 2.24) is 9.55 Å². The van der Waals surface area contributed by atoms with E-state index in [1.807, 2.05) is 12.1 Å².